The summed E-state index contributed by atoms with van der Waals surface area (Å²) in [7, 11) is 0. The molecule has 0 radical (unpaired) electrons. The van der Waals surface area contributed by atoms with Gasteiger partial charge in [-0.05, 0) is 50.2 Å². The molecule has 0 saturated heterocycles. The first-order chi connectivity index (χ1) is 13.0. The van der Waals surface area contributed by atoms with E-state index in [9.17, 15) is 9.59 Å². The molecule has 0 spiro atoms. The molecule has 0 aliphatic carbocycles. The molecule has 0 aliphatic rings. The van der Waals surface area contributed by atoms with Gasteiger partial charge in [-0.1, -0.05) is 40.8 Å². The van der Waals surface area contributed by atoms with E-state index in [0.29, 0.717) is 20.7 Å². The fourth-order valence-electron chi connectivity index (χ4n) is 2.19. The van der Waals surface area contributed by atoms with Crippen molar-refractivity contribution < 1.29 is 9.59 Å². The lowest BCUT2D eigenvalue weighted by Crippen LogP contribution is -2.14. The SMILES string of the molecule is CC(=O)c1ccc(NC(=O)CSc2nnc(Nc3ccc(C)cc3)s2)cc1. The summed E-state index contributed by atoms with van der Waals surface area (Å²) in [5.74, 6) is 0.0849. The lowest BCUT2D eigenvalue weighted by atomic mass is 10.1. The normalized spacial score (nSPS) is 10.4. The van der Waals surface area contributed by atoms with Gasteiger partial charge in [-0.15, -0.1) is 10.2 Å². The maximum absolute atomic E-state index is 12.1. The van der Waals surface area contributed by atoms with Crippen LogP contribution >= 0.6 is 23.1 Å². The summed E-state index contributed by atoms with van der Waals surface area (Å²) in [4.78, 5) is 23.3. The number of Topliss-reactive ketones (excluding diaryl/α,β-unsaturated/α-hetero) is 1. The number of carbonyl (C=O) groups is 2. The first-order valence-electron chi connectivity index (χ1n) is 8.20. The van der Waals surface area contributed by atoms with E-state index in [2.05, 4.69) is 20.8 Å². The van der Waals surface area contributed by atoms with E-state index in [0.717, 1.165) is 5.69 Å². The van der Waals surface area contributed by atoms with Crippen LogP contribution in [0, 0.1) is 6.92 Å². The van der Waals surface area contributed by atoms with Gasteiger partial charge in [-0.25, -0.2) is 0 Å². The molecule has 3 rings (SSSR count). The summed E-state index contributed by atoms with van der Waals surface area (Å²) in [5, 5.41) is 14.9. The highest BCUT2D eigenvalue weighted by Gasteiger charge is 2.09. The highest BCUT2D eigenvalue weighted by molar-refractivity contribution is 8.01. The number of nitrogens with zero attached hydrogens (tertiary/aromatic N) is 2. The Hall–Kier alpha value is -2.71. The summed E-state index contributed by atoms with van der Waals surface area (Å²) < 4.78 is 0.715. The Balaban J connectivity index is 1.49. The van der Waals surface area contributed by atoms with E-state index in [-0.39, 0.29) is 17.4 Å². The Morgan fingerprint density at radius 3 is 2.33 bits per heavy atom. The average Bonchev–Trinajstić information content (AvgIpc) is 3.10. The van der Waals surface area contributed by atoms with Crippen LogP contribution in [0.2, 0.25) is 0 Å². The van der Waals surface area contributed by atoms with Gasteiger partial charge in [-0.2, -0.15) is 0 Å². The first-order valence-corrected chi connectivity index (χ1v) is 10.0. The number of rotatable bonds is 7. The van der Waals surface area contributed by atoms with Crippen LogP contribution in [0.4, 0.5) is 16.5 Å². The van der Waals surface area contributed by atoms with Gasteiger partial charge in [0.2, 0.25) is 11.0 Å². The van der Waals surface area contributed by atoms with Gasteiger partial charge in [0.05, 0.1) is 5.75 Å². The molecule has 0 saturated carbocycles. The minimum Gasteiger partial charge on any atom is -0.330 e. The first kappa shape index (κ1) is 19.1. The zero-order valence-corrected chi connectivity index (χ0v) is 16.5. The molecule has 0 aliphatic heterocycles. The van der Waals surface area contributed by atoms with Crippen LogP contribution in [-0.4, -0.2) is 27.6 Å². The zero-order valence-electron chi connectivity index (χ0n) is 14.9. The molecular weight excluding hydrogens is 380 g/mol. The Morgan fingerprint density at radius 2 is 1.67 bits per heavy atom. The van der Waals surface area contributed by atoms with Gasteiger partial charge in [0.25, 0.3) is 0 Å². The highest BCUT2D eigenvalue weighted by atomic mass is 32.2. The van der Waals surface area contributed by atoms with Crippen molar-refractivity contribution in [3.8, 4) is 0 Å². The standard InChI is InChI=1S/C19H18N4O2S2/c1-12-3-7-16(8-4-12)21-18-22-23-19(27-18)26-11-17(25)20-15-9-5-14(6-10-15)13(2)24/h3-10H,11H2,1-2H3,(H,20,25)(H,21,22). The maximum atomic E-state index is 12.1. The third kappa shape index (κ3) is 5.63. The van der Waals surface area contributed by atoms with E-state index in [1.807, 2.05) is 31.2 Å². The Bertz CT molecular complexity index is 937. The van der Waals surface area contributed by atoms with Gasteiger partial charge in [0, 0.05) is 16.9 Å². The van der Waals surface area contributed by atoms with Crippen LogP contribution in [0.1, 0.15) is 22.8 Å². The molecular formula is C19H18N4O2S2. The molecule has 2 aromatic carbocycles. The number of benzene rings is 2. The average molecular weight is 399 g/mol. The van der Waals surface area contributed by atoms with Crippen molar-refractivity contribution in [2.75, 3.05) is 16.4 Å². The lowest BCUT2D eigenvalue weighted by Gasteiger charge is -2.04. The lowest BCUT2D eigenvalue weighted by molar-refractivity contribution is -0.113. The second-order valence-corrected chi connectivity index (χ2v) is 8.03. The molecule has 3 aromatic rings. The Kier molecular flexibility index (Phi) is 6.20. The van der Waals surface area contributed by atoms with Gasteiger partial charge >= 0.3 is 0 Å². The predicted molar refractivity (Wildman–Crippen MR) is 110 cm³/mol. The fraction of sp³-hybridized carbons (Fsp3) is 0.158. The van der Waals surface area contributed by atoms with Crippen LogP contribution in [0.3, 0.4) is 0 Å². The van der Waals surface area contributed by atoms with Crippen molar-refractivity contribution >= 4 is 51.3 Å². The number of anilines is 3. The van der Waals surface area contributed by atoms with Crippen molar-refractivity contribution in [1.29, 1.82) is 0 Å². The third-order valence-electron chi connectivity index (χ3n) is 3.61. The van der Waals surface area contributed by atoms with E-state index in [4.69, 9.17) is 0 Å². The molecule has 0 fully saturated rings. The summed E-state index contributed by atoms with van der Waals surface area (Å²) in [6.07, 6.45) is 0. The number of nitrogens with one attached hydrogen (secondary N) is 2. The number of ketones is 1. The smallest absolute Gasteiger partial charge is 0.234 e. The number of aryl methyl sites for hydroxylation is 1. The van der Waals surface area contributed by atoms with Crippen molar-refractivity contribution in [3.05, 3.63) is 59.7 Å². The number of amides is 1. The third-order valence-corrected chi connectivity index (χ3v) is 5.58. The van der Waals surface area contributed by atoms with Crippen LogP contribution < -0.4 is 10.6 Å². The molecule has 1 heterocycles. The molecule has 1 amide bonds. The molecule has 0 atom stereocenters. The van der Waals surface area contributed by atoms with E-state index >= 15 is 0 Å². The second kappa shape index (κ2) is 8.79. The van der Waals surface area contributed by atoms with Crippen molar-refractivity contribution in [2.24, 2.45) is 0 Å². The predicted octanol–water partition coefficient (Wildman–Crippen LogP) is 4.52. The topological polar surface area (TPSA) is 84.0 Å². The monoisotopic (exact) mass is 398 g/mol. The molecule has 0 bridgehead atoms. The van der Waals surface area contributed by atoms with Gasteiger partial charge in [0.15, 0.2) is 10.1 Å². The minimum atomic E-state index is -0.140. The number of hydrogen-bond acceptors (Lipinski definition) is 7. The van der Waals surface area contributed by atoms with Crippen LogP contribution in [0.5, 0.6) is 0 Å². The summed E-state index contributed by atoms with van der Waals surface area (Å²) in [5.41, 5.74) is 3.41. The molecule has 2 N–H and O–H groups in total. The second-order valence-electron chi connectivity index (χ2n) is 5.83. The molecule has 138 valence electrons. The summed E-state index contributed by atoms with van der Waals surface area (Å²) >= 11 is 2.73. The Labute approximate surface area is 165 Å². The van der Waals surface area contributed by atoms with Gasteiger partial charge in [-0.3, -0.25) is 9.59 Å². The summed E-state index contributed by atoms with van der Waals surface area (Å²) in [6.45, 7) is 3.54. The summed E-state index contributed by atoms with van der Waals surface area (Å²) in [6, 6.07) is 14.8. The van der Waals surface area contributed by atoms with Crippen molar-refractivity contribution in [1.82, 2.24) is 10.2 Å². The van der Waals surface area contributed by atoms with Crippen LogP contribution in [0.15, 0.2) is 52.9 Å². The van der Waals surface area contributed by atoms with E-state index < -0.39 is 0 Å². The molecule has 8 heteroatoms. The number of hydrogen-bond donors (Lipinski definition) is 2. The van der Waals surface area contributed by atoms with Gasteiger partial charge < -0.3 is 10.6 Å². The van der Waals surface area contributed by atoms with E-state index in [1.54, 1.807) is 24.3 Å². The maximum Gasteiger partial charge on any atom is 0.234 e. The van der Waals surface area contributed by atoms with Crippen LogP contribution in [0.25, 0.3) is 0 Å². The number of carbonyl (C=O) groups excluding carboxylic acids is 2. The number of aromatic nitrogens is 2. The molecule has 27 heavy (non-hydrogen) atoms. The van der Waals surface area contributed by atoms with E-state index in [1.165, 1.54) is 35.6 Å². The fourth-order valence-corrected chi connectivity index (χ4v) is 3.76. The molecule has 0 unspecified atom stereocenters. The van der Waals surface area contributed by atoms with Crippen LogP contribution in [-0.2, 0) is 4.79 Å². The minimum absolute atomic E-state index is 0.00486. The molecule has 6 nitrogen and oxygen atoms in total. The quantitative estimate of drug-likeness (QED) is 0.450. The largest absolute Gasteiger partial charge is 0.330 e. The number of thioether (sulfide) groups is 1. The van der Waals surface area contributed by atoms with Crippen molar-refractivity contribution in [3.63, 3.8) is 0 Å². The van der Waals surface area contributed by atoms with Gasteiger partial charge in [0.1, 0.15) is 0 Å². The zero-order chi connectivity index (χ0) is 19.2. The van der Waals surface area contributed by atoms with Crippen molar-refractivity contribution in [2.45, 2.75) is 18.2 Å². The highest BCUT2D eigenvalue weighted by Crippen LogP contribution is 2.27. The molecule has 1 aromatic heterocycles. The Morgan fingerprint density at radius 1 is 1.00 bits per heavy atom.